The van der Waals surface area contributed by atoms with Gasteiger partial charge in [-0.1, -0.05) is 17.7 Å². The minimum absolute atomic E-state index is 0.108. The summed E-state index contributed by atoms with van der Waals surface area (Å²) >= 11 is 6.37. The van der Waals surface area contributed by atoms with Crippen molar-refractivity contribution in [2.24, 2.45) is 5.73 Å². The lowest BCUT2D eigenvalue weighted by Gasteiger charge is -2.09. The smallest absolute Gasteiger partial charge is 0.0531 e. The van der Waals surface area contributed by atoms with Gasteiger partial charge in [0.15, 0.2) is 0 Å². The summed E-state index contributed by atoms with van der Waals surface area (Å²) in [5.41, 5.74) is 8.51. The van der Waals surface area contributed by atoms with E-state index in [-0.39, 0.29) is 5.54 Å². The van der Waals surface area contributed by atoms with Crippen LogP contribution < -0.4 is 5.73 Å². The number of halogens is 1. The van der Waals surface area contributed by atoms with Crippen LogP contribution in [-0.2, 0) is 6.42 Å². The molecule has 1 saturated carbocycles. The molecule has 3 rings (SSSR count). The van der Waals surface area contributed by atoms with E-state index in [2.05, 4.69) is 17.1 Å². The zero-order valence-electron chi connectivity index (χ0n) is 9.09. The van der Waals surface area contributed by atoms with E-state index < -0.39 is 0 Å². The fourth-order valence-electron chi connectivity index (χ4n) is 2.13. The van der Waals surface area contributed by atoms with Gasteiger partial charge in [0.2, 0.25) is 0 Å². The number of hydrogen-bond donors (Lipinski definition) is 2. The van der Waals surface area contributed by atoms with E-state index >= 15 is 0 Å². The van der Waals surface area contributed by atoms with Crippen LogP contribution in [0.2, 0.25) is 5.02 Å². The maximum absolute atomic E-state index is 6.37. The van der Waals surface area contributed by atoms with E-state index in [4.69, 9.17) is 17.3 Å². The average molecular weight is 235 g/mol. The second-order valence-electron chi connectivity index (χ2n) is 4.84. The Labute approximate surface area is 99.8 Å². The summed E-state index contributed by atoms with van der Waals surface area (Å²) in [6.07, 6.45) is 6.28. The molecule has 0 saturated heterocycles. The van der Waals surface area contributed by atoms with Gasteiger partial charge in [-0.25, -0.2) is 0 Å². The highest BCUT2D eigenvalue weighted by molar-refractivity contribution is 6.36. The lowest BCUT2D eigenvalue weighted by molar-refractivity contribution is 0.609. The third kappa shape index (κ3) is 1.72. The zero-order chi connectivity index (χ0) is 11.2. The van der Waals surface area contributed by atoms with Crippen molar-refractivity contribution < 1.29 is 0 Å². The molecule has 0 radical (unpaired) electrons. The van der Waals surface area contributed by atoms with Gasteiger partial charge in [0.05, 0.1) is 5.02 Å². The van der Waals surface area contributed by atoms with Crippen LogP contribution in [0.4, 0.5) is 0 Å². The fourth-order valence-corrected chi connectivity index (χ4v) is 2.45. The fraction of sp³-hybridized carbons (Fsp3) is 0.385. The Balaban J connectivity index is 1.88. The molecular formula is C13H15ClN2. The average Bonchev–Trinajstić information content (AvgIpc) is 2.81. The molecular weight excluding hydrogens is 220 g/mol. The molecule has 3 heteroatoms. The van der Waals surface area contributed by atoms with Crippen LogP contribution in [0.5, 0.6) is 0 Å². The van der Waals surface area contributed by atoms with Gasteiger partial charge in [0.25, 0.3) is 0 Å². The Morgan fingerprint density at radius 1 is 1.31 bits per heavy atom. The summed E-state index contributed by atoms with van der Waals surface area (Å²) in [7, 11) is 0. The molecule has 0 amide bonds. The molecule has 1 aromatic heterocycles. The highest BCUT2D eigenvalue weighted by atomic mass is 35.5. The van der Waals surface area contributed by atoms with Gasteiger partial charge in [-0.2, -0.15) is 0 Å². The molecule has 0 bridgehead atoms. The SMILES string of the molecule is NC1(CCc2ccc3[nH]ccc3c2Cl)CC1. The zero-order valence-corrected chi connectivity index (χ0v) is 9.85. The van der Waals surface area contributed by atoms with Crippen molar-refractivity contribution in [1.29, 1.82) is 0 Å². The Bertz CT molecular complexity index is 526. The van der Waals surface area contributed by atoms with Crippen molar-refractivity contribution in [3.63, 3.8) is 0 Å². The first-order valence-corrected chi connectivity index (χ1v) is 6.09. The summed E-state index contributed by atoms with van der Waals surface area (Å²) < 4.78 is 0. The number of aromatic amines is 1. The van der Waals surface area contributed by atoms with Crippen LogP contribution in [0.15, 0.2) is 24.4 Å². The van der Waals surface area contributed by atoms with E-state index in [0.717, 1.165) is 41.6 Å². The van der Waals surface area contributed by atoms with Crippen LogP contribution in [0.1, 0.15) is 24.8 Å². The summed E-state index contributed by atoms with van der Waals surface area (Å²) in [6, 6.07) is 6.22. The normalized spacial score (nSPS) is 17.9. The predicted octanol–water partition coefficient (Wildman–Crippen LogP) is 3.25. The highest BCUT2D eigenvalue weighted by Crippen LogP contribution is 2.37. The third-order valence-corrected chi connectivity index (χ3v) is 3.98. The van der Waals surface area contributed by atoms with Crippen molar-refractivity contribution >= 4 is 22.5 Å². The number of nitrogens with one attached hydrogen (secondary N) is 1. The van der Waals surface area contributed by atoms with Crippen molar-refractivity contribution in [3.05, 3.63) is 35.0 Å². The van der Waals surface area contributed by atoms with Crippen molar-refractivity contribution in [2.75, 3.05) is 0 Å². The van der Waals surface area contributed by atoms with Gasteiger partial charge in [0.1, 0.15) is 0 Å². The number of nitrogens with two attached hydrogens (primary N) is 1. The van der Waals surface area contributed by atoms with Crippen LogP contribution in [0.25, 0.3) is 10.9 Å². The molecule has 1 aliphatic rings. The molecule has 3 N–H and O–H groups in total. The van der Waals surface area contributed by atoms with E-state index in [1.807, 2.05) is 12.3 Å². The molecule has 1 fully saturated rings. The van der Waals surface area contributed by atoms with Gasteiger partial charge < -0.3 is 10.7 Å². The van der Waals surface area contributed by atoms with Crippen molar-refractivity contribution in [3.8, 4) is 0 Å². The summed E-state index contributed by atoms with van der Waals surface area (Å²) in [5.74, 6) is 0. The van der Waals surface area contributed by atoms with Gasteiger partial charge in [-0.05, 0) is 43.4 Å². The number of aryl methyl sites for hydroxylation is 1. The number of H-pyrrole nitrogens is 1. The van der Waals surface area contributed by atoms with E-state index in [1.54, 1.807) is 0 Å². The summed E-state index contributed by atoms with van der Waals surface area (Å²) in [4.78, 5) is 3.16. The predicted molar refractivity (Wildman–Crippen MR) is 67.8 cm³/mol. The molecule has 84 valence electrons. The van der Waals surface area contributed by atoms with Gasteiger partial charge in [0, 0.05) is 22.6 Å². The first kappa shape index (κ1) is 10.2. The molecule has 1 aromatic carbocycles. The molecule has 1 aliphatic carbocycles. The van der Waals surface area contributed by atoms with Gasteiger partial charge in [-0.15, -0.1) is 0 Å². The second-order valence-corrected chi connectivity index (χ2v) is 5.22. The monoisotopic (exact) mass is 234 g/mol. The number of rotatable bonds is 3. The summed E-state index contributed by atoms with van der Waals surface area (Å²) in [5, 5.41) is 1.99. The quantitative estimate of drug-likeness (QED) is 0.841. The highest BCUT2D eigenvalue weighted by Gasteiger charge is 2.37. The van der Waals surface area contributed by atoms with Crippen LogP contribution in [-0.4, -0.2) is 10.5 Å². The Morgan fingerprint density at radius 2 is 2.12 bits per heavy atom. The maximum atomic E-state index is 6.37. The van der Waals surface area contributed by atoms with Gasteiger partial charge in [-0.3, -0.25) is 0 Å². The largest absolute Gasteiger partial charge is 0.361 e. The Hall–Kier alpha value is -0.990. The maximum Gasteiger partial charge on any atom is 0.0531 e. The molecule has 0 unspecified atom stereocenters. The van der Waals surface area contributed by atoms with Crippen molar-refractivity contribution in [1.82, 2.24) is 4.98 Å². The molecule has 2 aromatic rings. The molecule has 2 nitrogen and oxygen atoms in total. The number of fused-ring (bicyclic) bond motifs is 1. The van der Waals surface area contributed by atoms with E-state index in [9.17, 15) is 0 Å². The third-order valence-electron chi connectivity index (χ3n) is 3.53. The molecule has 1 heterocycles. The van der Waals surface area contributed by atoms with E-state index in [0.29, 0.717) is 0 Å². The molecule has 0 atom stereocenters. The minimum Gasteiger partial charge on any atom is -0.361 e. The number of hydrogen-bond acceptors (Lipinski definition) is 1. The molecule has 0 spiro atoms. The first-order chi connectivity index (χ1) is 7.68. The van der Waals surface area contributed by atoms with Crippen LogP contribution in [0.3, 0.4) is 0 Å². The Morgan fingerprint density at radius 3 is 2.88 bits per heavy atom. The standard InChI is InChI=1S/C13H15ClN2/c14-12-9(3-5-13(15)6-7-13)1-2-11-10(12)4-8-16-11/h1-2,4,8,16H,3,5-7,15H2. The lowest BCUT2D eigenvalue weighted by atomic mass is 10.0. The van der Waals surface area contributed by atoms with Crippen molar-refractivity contribution in [2.45, 2.75) is 31.2 Å². The topological polar surface area (TPSA) is 41.8 Å². The van der Waals surface area contributed by atoms with E-state index in [1.165, 1.54) is 5.56 Å². The van der Waals surface area contributed by atoms with Gasteiger partial charge >= 0.3 is 0 Å². The molecule has 0 aliphatic heterocycles. The number of aromatic nitrogens is 1. The number of benzene rings is 1. The second kappa shape index (κ2) is 3.51. The first-order valence-electron chi connectivity index (χ1n) is 5.71. The van der Waals surface area contributed by atoms with Crippen LogP contribution >= 0.6 is 11.6 Å². The summed E-state index contributed by atoms with van der Waals surface area (Å²) in [6.45, 7) is 0. The lowest BCUT2D eigenvalue weighted by Crippen LogP contribution is -2.22. The Kier molecular flexibility index (Phi) is 2.23. The molecule has 16 heavy (non-hydrogen) atoms. The van der Waals surface area contributed by atoms with Crippen LogP contribution in [0, 0.1) is 0 Å². The minimum atomic E-state index is 0.108.